The lowest BCUT2D eigenvalue weighted by Gasteiger charge is -2.18. The second kappa shape index (κ2) is 5.85. The molecule has 2 rings (SSSR count). The van der Waals surface area contributed by atoms with Crippen LogP contribution in [0, 0.1) is 34.6 Å². The maximum Gasteiger partial charge on any atom is 0.193 e. The first kappa shape index (κ1) is 15.5. The van der Waals surface area contributed by atoms with Crippen LogP contribution in [0.25, 0.3) is 0 Å². The molecule has 0 aliphatic heterocycles. The second-order valence-corrected chi connectivity index (χ2v) is 5.88. The first-order valence-corrected chi connectivity index (χ1v) is 7.59. The molecular weight excluding hydrogens is 256 g/mol. The zero-order chi connectivity index (χ0) is 15.7. The molecule has 0 N–H and O–H groups in total. The zero-order valence-electron chi connectivity index (χ0n) is 13.9. The summed E-state index contributed by atoms with van der Waals surface area (Å²) in [7, 11) is 0. The normalized spacial score (nSPS) is 10.8. The highest BCUT2D eigenvalue weighted by molar-refractivity contribution is 6.11. The van der Waals surface area contributed by atoms with Crippen LogP contribution >= 0.6 is 0 Å². The lowest BCUT2D eigenvalue weighted by atomic mass is 9.86. The monoisotopic (exact) mass is 280 g/mol. The summed E-state index contributed by atoms with van der Waals surface area (Å²) in [6.45, 7) is 12.6. The Morgan fingerprint density at radius 1 is 0.762 bits per heavy atom. The topological polar surface area (TPSA) is 17.1 Å². The predicted molar refractivity (Wildman–Crippen MR) is 89.4 cm³/mol. The molecule has 0 spiro atoms. The molecule has 0 aromatic heterocycles. The summed E-state index contributed by atoms with van der Waals surface area (Å²) in [6.07, 6.45) is 0.995. The fourth-order valence-electron chi connectivity index (χ4n) is 2.88. The average Bonchev–Trinajstić information content (AvgIpc) is 2.51. The average molecular weight is 280 g/mol. The van der Waals surface area contributed by atoms with Gasteiger partial charge in [0, 0.05) is 11.1 Å². The molecule has 0 fully saturated rings. The van der Waals surface area contributed by atoms with E-state index in [1.54, 1.807) is 0 Å². The Bertz CT molecular complexity index is 662. The van der Waals surface area contributed by atoms with Crippen molar-refractivity contribution in [2.24, 2.45) is 0 Å². The largest absolute Gasteiger partial charge is 0.289 e. The minimum absolute atomic E-state index is 0.138. The third-order valence-electron chi connectivity index (χ3n) is 4.85. The van der Waals surface area contributed by atoms with Gasteiger partial charge < -0.3 is 0 Å². The summed E-state index contributed by atoms with van der Waals surface area (Å²) in [5.74, 6) is 0.138. The van der Waals surface area contributed by atoms with E-state index in [1.807, 2.05) is 24.3 Å². The van der Waals surface area contributed by atoms with Crippen LogP contribution < -0.4 is 0 Å². The molecule has 2 aromatic rings. The fourth-order valence-corrected chi connectivity index (χ4v) is 2.88. The highest BCUT2D eigenvalue weighted by Crippen LogP contribution is 2.28. The molecule has 0 saturated carbocycles. The molecule has 0 radical (unpaired) electrons. The van der Waals surface area contributed by atoms with E-state index >= 15 is 0 Å². The van der Waals surface area contributed by atoms with Crippen molar-refractivity contribution in [1.29, 1.82) is 0 Å². The first-order valence-electron chi connectivity index (χ1n) is 7.59. The van der Waals surface area contributed by atoms with Gasteiger partial charge >= 0.3 is 0 Å². The van der Waals surface area contributed by atoms with E-state index in [0.717, 1.165) is 28.7 Å². The van der Waals surface area contributed by atoms with Crippen molar-refractivity contribution < 1.29 is 4.79 Å². The van der Waals surface area contributed by atoms with E-state index < -0.39 is 0 Å². The molecule has 0 atom stereocenters. The van der Waals surface area contributed by atoms with E-state index in [1.165, 1.54) is 22.3 Å². The van der Waals surface area contributed by atoms with Gasteiger partial charge in [0.15, 0.2) is 5.78 Å². The van der Waals surface area contributed by atoms with Crippen molar-refractivity contribution in [3.63, 3.8) is 0 Å². The Morgan fingerprint density at radius 3 is 1.62 bits per heavy atom. The molecule has 0 saturated heterocycles. The molecule has 1 nitrogen and oxygen atoms in total. The van der Waals surface area contributed by atoms with Crippen LogP contribution in [0.2, 0.25) is 0 Å². The molecule has 110 valence electrons. The SMILES string of the molecule is CCc1ccc(C(=O)c2c(C)c(C)c(C)c(C)c2C)cc1. The molecule has 1 heteroatoms. The van der Waals surface area contributed by atoms with Gasteiger partial charge in [-0.25, -0.2) is 0 Å². The smallest absolute Gasteiger partial charge is 0.193 e. The second-order valence-electron chi connectivity index (χ2n) is 5.88. The third-order valence-corrected chi connectivity index (χ3v) is 4.85. The first-order chi connectivity index (χ1) is 9.88. The molecule has 0 aliphatic carbocycles. The van der Waals surface area contributed by atoms with Gasteiger partial charge in [-0.2, -0.15) is 0 Å². The molecule has 0 unspecified atom stereocenters. The predicted octanol–water partition coefficient (Wildman–Crippen LogP) is 5.02. The maximum absolute atomic E-state index is 12.9. The number of carbonyl (C=O) groups is 1. The summed E-state index contributed by atoms with van der Waals surface area (Å²) in [4.78, 5) is 12.9. The van der Waals surface area contributed by atoms with Gasteiger partial charge in [-0.3, -0.25) is 4.79 Å². The van der Waals surface area contributed by atoms with Crippen molar-refractivity contribution in [2.75, 3.05) is 0 Å². The number of aryl methyl sites for hydroxylation is 1. The number of hydrogen-bond acceptors (Lipinski definition) is 1. The van der Waals surface area contributed by atoms with Crippen LogP contribution in [-0.2, 0) is 6.42 Å². The van der Waals surface area contributed by atoms with Gasteiger partial charge in [-0.05, 0) is 74.4 Å². The van der Waals surface area contributed by atoms with Crippen LogP contribution in [0.4, 0.5) is 0 Å². The van der Waals surface area contributed by atoms with Gasteiger partial charge in [0.05, 0.1) is 0 Å². The van der Waals surface area contributed by atoms with E-state index in [2.05, 4.69) is 41.5 Å². The number of ketones is 1. The summed E-state index contributed by atoms with van der Waals surface area (Å²) < 4.78 is 0. The Kier molecular flexibility index (Phi) is 4.32. The molecule has 21 heavy (non-hydrogen) atoms. The lowest BCUT2D eigenvalue weighted by molar-refractivity contribution is 0.103. The van der Waals surface area contributed by atoms with E-state index in [-0.39, 0.29) is 5.78 Å². The van der Waals surface area contributed by atoms with Crippen LogP contribution in [0.15, 0.2) is 24.3 Å². The van der Waals surface area contributed by atoms with Crippen molar-refractivity contribution in [2.45, 2.75) is 48.0 Å². The summed E-state index contributed by atoms with van der Waals surface area (Å²) in [5.41, 5.74) is 8.89. The lowest BCUT2D eigenvalue weighted by Crippen LogP contribution is -2.10. The van der Waals surface area contributed by atoms with Crippen molar-refractivity contribution in [3.8, 4) is 0 Å². The minimum Gasteiger partial charge on any atom is -0.289 e. The van der Waals surface area contributed by atoms with Gasteiger partial charge in [-0.15, -0.1) is 0 Å². The molecule has 0 heterocycles. The quantitative estimate of drug-likeness (QED) is 0.721. The van der Waals surface area contributed by atoms with Gasteiger partial charge in [0.2, 0.25) is 0 Å². The van der Waals surface area contributed by atoms with Crippen molar-refractivity contribution >= 4 is 5.78 Å². The Morgan fingerprint density at radius 2 is 1.19 bits per heavy atom. The van der Waals surface area contributed by atoms with Crippen molar-refractivity contribution in [3.05, 3.63) is 68.8 Å². The van der Waals surface area contributed by atoms with E-state index in [0.29, 0.717) is 0 Å². The fraction of sp³-hybridized carbons (Fsp3) is 0.350. The Labute approximate surface area is 128 Å². The van der Waals surface area contributed by atoms with Gasteiger partial charge in [-0.1, -0.05) is 31.2 Å². The van der Waals surface area contributed by atoms with Crippen LogP contribution in [-0.4, -0.2) is 5.78 Å². The Hall–Kier alpha value is -1.89. The van der Waals surface area contributed by atoms with Gasteiger partial charge in [0.1, 0.15) is 0 Å². The molecular formula is C20H24O. The standard InChI is InChI=1S/C20H24O/c1-7-17-8-10-18(11-9-17)20(21)19-15(5)13(3)12(2)14(4)16(19)6/h8-11H,7H2,1-6H3. The van der Waals surface area contributed by atoms with Crippen LogP contribution in [0.3, 0.4) is 0 Å². The number of rotatable bonds is 3. The number of hydrogen-bond donors (Lipinski definition) is 0. The highest BCUT2D eigenvalue weighted by Gasteiger charge is 2.19. The third kappa shape index (κ3) is 2.65. The highest BCUT2D eigenvalue weighted by atomic mass is 16.1. The maximum atomic E-state index is 12.9. The molecule has 2 aromatic carbocycles. The summed E-state index contributed by atoms with van der Waals surface area (Å²) in [6, 6.07) is 7.99. The number of benzene rings is 2. The van der Waals surface area contributed by atoms with Crippen LogP contribution in [0.1, 0.15) is 56.2 Å². The summed E-state index contributed by atoms with van der Waals surface area (Å²) >= 11 is 0. The number of carbonyl (C=O) groups excluding carboxylic acids is 1. The van der Waals surface area contributed by atoms with Gasteiger partial charge in [0.25, 0.3) is 0 Å². The molecule has 0 bridgehead atoms. The minimum atomic E-state index is 0.138. The Balaban J connectivity index is 2.58. The van der Waals surface area contributed by atoms with E-state index in [4.69, 9.17) is 0 Å². The zero-order valence-corrected chi connectivity index (χ0v) is 13.9. The summed E-state index contributed by atoms with van der Waals surface area (Å²) in [5, 5.41) is 0. The molecule has 0 amide bonds. The van der Waals surface area contributed by atoms with E-state index in [9.17, 15) is 4.79 Å². The van der Waals surface area contributed by atoms with Crippen LogP contribution in [0.5, 0.6) is 0 Å². The molecule has 0 aliphatic rings. The van der Waals surface area contributed by atoms with Crippen molar-refractivity contribution in [1.82, 2.24) is 0 Å².